The van der Waals surface area contributed by atoms with Crippen molar-refractivity contribution < 1.29 is 8.78 Å². The second-order valence-electron chi connectivity index (χ2n) is 4.07. The summed E-state index contributed by atoms with van der Waals surface area (Å²) in [7, 11) is 3.45. The van der Waals surface area contributed by atoms with Crippen LogP contribution in [0.4, 0.5) is 32.3 Å². The predicted octanol–water partition coefficient (Wildman–Crippen LogP) is 1.24. The van der Waals surface area contributed by atoms with E-state index in [9.17, 15) is 8.78 Å². The van der Waals surface area contributed by atoms with Gasteiger partial charge in [-0.1, -0.05) is 0 Å². The lowest BCUT2D eigenvalue weighted by Gasteiger charge is -2.13. The summed E-state index contributed by atoms with van der Waals surface area (Å²) in [6.45, 7) is 0. The smallest absolute Gasteiger partial charge is 0.243 e. The highest BCUT2D eigenvalue weighted by atomic mass is 19.1. The third-order valence-corrected chi connectivity index (χ3v) is 2.33. The molecule has 2 aromatic rings. The van der Waals surface area contributed by atoms with Crippen molar-refractivity contribution >= 4 is 23.5 Å². The standard InChI is InChI=1S/C11H13F2N7/c1-20(2)11-17-9(16-10(18-11)19-14)15-8-5-6(12)3-4-7(8)13/h3-5H,14H2,1-2H3,(H2,15,16,17,18,19). The van der Waals surface area contributed by atoms with Crippen LogP contribution >= 0.6 is 0 Å². The van der Waals surface area contributed by atoms with Crippen LogP contribution in [0.25, 0.3) is 0 Å². The number of halogens is 2. The van der Waals surface area contributed by atoms with Crippen LogP contribution < -0.4 is 21.5 Å². The maximum Gasteiger partial charge on any atom is 0.243 e. The lowest BCUT2D eigenvalue weighted by atomic mass is 10.3. The molecule has 20 heavy (non-hydrogen) atoms. The van der Waals surface area contributed by atoms with E-state index in [1.807, 2.05) is 0 Å². The summed E-state index contributed by atoms with van der Waals surface area (Å²) in [5.74, 6) is 4.51. The van der Waals surface area contributed by atoms with Crippen molar-refractivity contribution in [2.45, 2.75) is 0 Å². The van der Waals surface area contributed by atoms with Crippen molar-refractivity contribution in [3.63, 3.8) is 0 Å². The lowest BCUT2D eigenvalue weighted by Crippen LogP contribution is -2.18. The molecular weight excluding hydrogens is 268 g/mol. The van der Waals surface area contributed by atoms with Gasteiger partial charge >= 0.3 is 0 Å². The Kier molecular flexibility index (Phi) is 3.89. The van der Waals surface area contributed by atoms with Crippen molar-refractivity contribution in [2.75, 3.05) is 29.7 Å². The molecule has 0 unspecified atom stereocenters. The fourth-order valence-electron chi connectivity index (χ4n) is 1.40. The molecule has 0 aliphatic rings. The van der Waals surface area contributed by atoms with Gasteiger partial charge in [0.15, 0.2) is 0 Å². The normalized spacial score (nSPS) is 10.2. The first kappa shape index (κ1) is 13.9. The topological polar surface area (TPSA) is 92.0 Å². The number of hydrogen-bond donors (Lipinski definition) is 3. The molecule has 0 saturated carbocycles. The molecule has 7 nitrogen and oxygen atoms in total. The first-order valence-electron chi connectivity index (χ1n) is 5.61. The van der Waals surface area contributed by atoms with Crippen molar-refractivity contribution in [1.29, 1.82) is 0 Å². The molecular formula is C11H13F2N7. The van der Waals surface area contributed by atoms with Crippen LogP contribution in [0.3, 0.4) is 0 Å². The molecule has 2 rings (SSSR count). The minimum atomic E-state index is -0.625. The summed E-state index contributed by atoms with van der Waals surface area (Å²) >= 11 is 0. The van der Waals surface area contributed by atoms with Gasteiger partial charge in [-0.2, -0.15) is 15.0 Å². The van der Waals surface area contributed by atoms with Gasteiger partial charge in [-0.3, -0.25) is 5.43 Å². The number of nitrogens with two attached hydrogens (primary N) is 1. The monoisotopic (exact) mass is 281 g/mol. The molecule has 106 valence electrons. The Morgan fingerprint density at radius 3 is 2.45 bits per heavy atom. The number of aromatic nitrogens is 3. The fourth-order valence-corrected chi connectivity index (χ4v) is 1.40. The summed E-state index contributed by atoms with van der Waals surface area (Å²) in [4.78, 5) is 13.6. The average Bonchev–Trinajstić information content (AvgIpc) is 2.42. The van der Waals surface area contributed by atoms with Gasteiger partial charge in [0, 0.05) is 20.2 Å². The second kappa shape index (κ2) is 5.61. The summed E-state index contributed by atoms with van der Waals surface area (Å²) < 4.78 is 26.6. The van der Waals surface area contributed by atoms with E-state index >= 15 is 0 Å². The number of hydrogen-bond acceptors (Lipinski definition) is 7. The van der Waals surface area contributed by atoms with Crippen molar-refractivity contribution in [3.8, 4) is 0 Å². The first-order valence-corrected chi connectivity index (χ1v) is 5.61. The number of rotatable bonds is 4. The minimum absolute atomic E-state index is 0.0427. The van der Waals surface area contributed by atoms with Gasteiger partial charge in [-0.25, -0.2) is 14.6 Å². The van der Waals surface area contributed by atoms with E-state index in [0.717, 1.165) is 18.2 Å². The van der Waals surface area contributed by atoms with Crippen LogP contribution in [-0.2, 0) is 0 Å². The molecule has 1 aromatic carbocycles. The quantitative estimate of drug-likeness (QED) is 0.573. The van der Waals surface area contributed by atoms with Gasteiger partial charge in [0.1, 0.15) is 11.6 Å². The number of benzene rings is 1. The van der Waals surface area contributed by atoms with Crippen molar-refractivity contribution in [1.82, 2.24) is 15.0 Å². The number of anilines is 4. The number of nitrogens with one attached hydrogen (secondary N) is 2. The van der Waals surface area contributed by atoms with Crippen LogP contribution in [0, 0.1) is 11.6 Å². The average molecular weight is 281 g/mol. The van der Waals surface area contributed by atoms with E-state index in [1.54, 1.807) is 19.0 Å². The second-order valence-corrected chi connectivity index (χ2v) is 4.07. The summed E-state index contributed by atoms with van der Waals surface area (Å²) in [6, 6.07) is 3.03. The highest BCUT2D eigenvalue weighted by molar-refractivity contribution is 5.56. The zero-order valence-corrected chi connectivity index (χ0v) is 10.9. The van der Waals surface area contributed by atoms with E-state index in [0.29, 0.717) is 5.95 Å². The Balaban J connectivity index is 2.37. The summed E-state index contributed by atoms with van der Waals surface area (Å²) in [6.07, 6.45) is 0. The maximum absolute atomic E-state index is 13.5. The Morgan fingerprint density at radius 1 is 1.10 bits per heavy atom. The molecule has 9 heteroatoms. The van der Waals surface area contributed by atoms with Crippen LogP contribution in [0.5, 0.6) is 0 Å². The van der Waals surface area contributed by atoms with Crippen molar-refractivity contribution in [2.24, 2.45) is 5.84 Å². The molecule has 0 aliphatic heterocycles. The highest BCUT2D eigenvalue weighted by Crippen LogP contribution is 2.20. The molecule has 1 heterocycles. The molecule has 0 fully saturated rings. The minimum Gasteiger partial charge on any atom is -0.347 e. The molecule has 0 spiro atoms. The summed E-state index contributed by atoms with van der Waals surface area (Å²) in [5, 5.41) is 2.58. The van der Waals surface area contributed by atoms with Crippen molar-refractivity contribution in [3.05, 3.63) is 29.8 Å². The van der Waals surface area contributed by atoms with E-state index in [4.69, 9.17) is 5.84 Å². The van der Waals surface area contributed by atoms with E-state index in [-0.39, 0.29) is 17.6 Å². The Labute approximate surface area is 113 Å². The molecule has 0 amide bonds. The van der Waals surface area contributed by atoms with E-state index < -0.39 is 11.6 Å². The van der Waals surface area contributed by atoms with Crippen LogP contribution in [-0.4, -0.2) is 29.0 Å². The fraction of sp³-hybridized carbons (Fsp3) is 0.182. The third kappa shape index (κ3) is 3.06. The maximum atomic E-state index is 13.5. The van der Waals surface area contributed by atoms with Gasteiger partial charge in [-0.05, 0) is 12.1 Å². The van der Waals surface area contributed by atoms with Crippen LogP contribution in [0.15, 0.2) is 18.2 Å². The lowest BCUT2D eigenvalue weighted by molar-refractivity contribution is 0.603. The van der Waals surface area contributed by atoms with Gasteiger partial charge in [-0.15, -0.1) is 0 Å². The molecule has 0 radical (unpaired) electrons. The first-order chi connectivity index (χ1) is 9.49. The highest BCUT2D eigenvalue weighted by Gasteiger charge is 2.10. The number of nitrogen functional groups attached to an aromatic ring is 1. The van der Waals surface area contributed by atoms with Crippen LogP contribution in [0.2, 0.25) is 0 Å². The molecule has 0 saturated heterocycles. The van der Waals surface area contributed by atoms with E-state index in [1.165, 1.54) is 0 Å². The largest absolute Gasteiger partial charge is 0.347 e. The number of nitrogens with zero attached hydrogens (tertiary/aromatic N) is 4. The molecule has 1 aromatic heterocycles. The third-order valence-electron chi connectivity index (χ3n) is 2.33. The SMILES string of the molecule is CN(C)c1nc(NN)nc(Nc2cc(F)ccc2F)n1. The molecule has 0 aliphatic carbocycles. The van der Waals surface area contributed by atoms with Gasteiger partial charge in [0.25, 0.3) is 0 Å². The summed E-state index contributed by atoms with van der Waals surface area (Å²) in [5.41, 5.74) is 2.20. The van der Waals surface area contributed by atoms with Gasteiger partial charge < -0.3 is 10.2 Å². The Hall–Kier alpha value is -2.55. The molecule has 4 N–H and O–H groups in total. The van der Waals surface area contributed by atoms with E-state index in [2.05, 4.69) is 25.7 Å². The Bertz CT molecular complexity index is 618. The van der Waals surface area contributed by atoms with Gasteiger partial charge in [0.05, 0.1) is 5.69 Å². The Morgan fingerprint density at radius 2 is 1.80 bits per heavy atom. The zero-order valence-electron chi connectivity index (χ0n) is 10.9. The number of hydrazine groups is 1. The predicted molar refractivity (Wildman–Crippen MR) is 71.6 cm³/mol. The van der Waals surface area contributed by atoms with Gasteiger partial charge in [0.2, 0.25) is 17.8 Å². The van der Waals surface area contributed by atoms with Crippen LogP contribution in [0.1, 0.15) is 0 Å². The molecule has 0 atom stereocenters. The molecule has 0 bridgehead atoms. The zero-order chi connectivity index (χ0) is 14.7.